The molecule has 18 heavy (non-hydrogen) atoms. The lowest BCUT2D eigenvalue weighted by atomic mass is 9.91. The minimum absolute atomic E-state index is 0.0842. The zero-order valence-electron chi connectivity index (χ0n) is 11.1. The third-order valence-corrected chi connectivity index (χ3v) is 3.06. The molecule has 0 aliphatic carbocycles. The van der Waals surface area contributed by atoms with Crippen LogP contribution in [0.25, 0.3) is 0 Å². The molecule has 0 aromatic carbocycles. The van der Waals surface area contributed by atoms with Crippen LogP contribution in [0.2, 0.25) is 0 Å². The van der Waals surface area contributed by atoms with Gasteiger partial charge < -0.3 is 15.4 Å². The van der Waals surface area contributed by atoms with Gasteiger partial charge in [-0.2, -0.15) is 0 Å². The monoisotopic (exact) mass is 254 g/mol. The van der Waals surface area contributed by atoms with E-state index in [9.17, 15) is 9.59 Å². The van der Waals surface area contributed by atoms with Gasteiger partial charge in [0, 0.05) is 19.7 Å². The Labute approximate surface area is 108 Å². The maximum Gasteiger partial charge on any atom is 0.235 e. The van der Waals surface area contributed by atoms with Gasteiger partial charge in [-0.25, -0.2) is 0 Å². The molecule has 5 heteroatoms. The molecule has 5 nitrogen and oxygen atoms in total. The SMILES string of the molecule is C=CCNC(=O)C(C)(C)C(=O)NCC1CCCO1. The molecule has 0 bridgehead atoms. The molecule has 102 valence electrons. The first-order chi connectivity index (χ1) is 8.48. The average molecular weight is 254 g/mol. The molecular weight excluding hydrogens is 232 g/mol. The second-order valence-corrected chi connectivity index (χ2v) is 4.97. The first-order valence-corrected chi connectivity index (χ1v) is 6.27. The largest absolute Gasteiger partial charge is 0.376 e. The number of hydrogen-bond donors (Lipinski definition) is 2. The highest BCUT2D eigenvalue weighted by Crippen LogP contribution is 2.16. The second-order valence-electron chi connectivity index (χ2n) is 4.97. The van der Waals surface area contributed by atoms with Crippen molar-refractivity contribution in [3.05, 3.63) is 12.7 Å². The van der Waals surface area contributed by atoms with E-state index in [1.807, 2.05) is 0 Å². The molecule has 0 aromatic heterocycles. The Morgan fingerprint density at radius 1 is 1.39 bits per heavy atom. The fourth-order valence-corrected chi connectivity index (χ4v) is 1.72. The van der Waals surface area contributed by atoms with Gasteiger partial charge >= 0.3 is 0 Å². The first-order valence-electron chi connectivity index (χ1n) is 6.27. The molecule has 0 radical (unpaired) electrons. The van der Waals surface area contributed by atoms with E-state index in [2.05, 4.69) is 17.2 Å². The minimum atomic E-state index is -1.08. The van der Waals surface area contributed by atoms with E-state index in [4.69, 9.17) is 4.74 Å². The van der Waals surface area contributed by atoms with Gasteiger partial charge in [0.25, 0.3) is 0 Å². The van der Waals surface area contributed by atoms with Crippen molar-refractivity contribution >= 4 is 11.8 Å². The van der Waals surface area contributed by atoms with Crippen LogP contribution in [0.5, 0.6) is 0 Å². The maximum atomic E-state index is 12.0. The smallest absolute Gasteiger partial charge is 0.235 e. The molecule has 0 saturated carbocycles. The van der Waals surface area contributed by atoms with E-state index in [1.165, 1.54) is 0 Å². The van der Waals surface area contributed by atoms with Crippen LogP contribution in [0.15, 0.2) is 12.7 Å². The Kier molecular flexibility index (Phi) is 5.34. The van der Waals surface area contributed by atoms with Crippen LogP contribution >= 0.6 is 0 Å². The number of hydrogen-bond acceptors (Lipinski definition) is 3. The second kappa shape index (κ2) is 6.54. The molecule has 1 fully saturated rings. The maximum absolute atomic E-state index is 12.0. The molecule has 1 atom stereocenters. The normalized spacial score (nSPS) is 19.3. The van der Waals surface area contributed by atoms with Gasteiger partial charge in [-0.3, -0.25) is 9.59 Å². The molecule has 1 unspecified atom stereocenters. The van der Waals surface area contributed by atoms with Gasteiger partial charge in [0.05, 0.1) is 6.10 Å². The van der Waals surface area contributed by atoms with Crippen LogP contribution in [-0.2, 0) is 14.3 Å². The summed E-state index contributed by atoms with van der Waals surface area (Å²) in [7, 11) is 0. The third-order valence-electron chi connectivity index (χ3n) is 3.06. The van der Waals surface area contributed by atoms with Crippen molar-refractivity contribution in [2.24, 2.45) is 5.41 Å². The lowest BCUT2D eigenvalue weighted by Gasteiger charge is -2.23. The molecule has 2 amide bonds. The number of carbonyl (C=O) groups is 2. The number of amides is 2. The Hall–Kier alpha value is -1.36. The molecule has 1 rings (SSSR count). The highest BCUT2D eigenvalue weighted by molar-refractivity contribution is 6.04. The summed E-state index contributed by atoms with van der Waals surface area (Å²) in [5.41, 5.74) is -1.08. The highest BCUT2D eigenvalue weighted by atomic mass is 16.5. The molecule has 2 N–H and O–H groups in total. The Balaban J connectivity index is 2.41. The van der Waals surface area contributed by atoms with E-state index < -0.39 is 5.41 Å². The van der Waals surface area contributed by atoms with E-state index in [1.54, 1.807) is 19.9 Å². The summed E-state index contributed by atoms with van der Waals surface area (Å²) in [6, 6.07) is 0. The molecule has 0 spiro atoms. The first kappa shape index (κ1) is 14.7. The lowest BCUT2D eigenvalue weighted by Crippen LogP contribution is -2.49. The van der Waals surface area contributed by atoms with Crippen molar-refractivity contribution in [1.82, 2.24) is 10.6 Å². The number of carbonyl (C=O) groups excluding carboxylic acids is 2. The fraction of sp³-hybridized carbons (Fsp3) is 0.692. The number of nitrogens with one attached hydrogen (secondary N) is 2. The zero-order chi connectivity index (χ0) is 13.6. The van der Waals surface area contributed by atoms with Crippen LogP contribution in [0, 0.1) is 5.41 Å². The van der Waals surface area contributed by atoms with Crippen molar-refractivity contribution in [3.63, 3.8) is 0 Å². The van der Waals surface area contributed by atoms with E-state index in [0.29, 0.717) is 13.1 Å². The van der Waals surface area contributed by atoms with Gasteiger partial charge in [0.1, 0.15) is 5.41 Å². The highest BCUT2D eigenvalue weighted by Gasteiger charge is 2.35. The molecule has 1 aliphatic heterocycles. The molecule has 1 heterocycles. The van der Waals surface area contributed by atoms with Gasteiger partial charge in [-0.05, 0) is 26.7 Å². The summed E-state index contributed by atoms with van der Waals surface area (Å²) < 4.78 is 5.41. The average Bonchev–Trinajstić information content (AvgIpc) is 2.85. The Morgan fingerprint density at radius 2 is 2.06 bits per heavy atom. The Morgan fingerprint density at radius 3 is 2.61 bits per heavy atom. The summed E-state index contributed by atoms with van der Waals surface area (Å²) >= 11 is 0. The summed E-state index contributed by atoms with van der Waals surface area (Å²) in [6.07, 6.45) is 3.66. The molecule has 1 aliphatic rings. The van der Waals surface area contributed by atoms with Gasteiger partial charge in [0.2, 0.25) is 11.8 Å². The van der Waals surface area contributed by atoms with Gasteiger partial charge in [0.15, 0.2) is 0 Å². The predicted molar refractivity (Wildman–Crippen MR) is 69.0 cm³/mol. The van der Waals surface area contributed by atoms with Crippen LogP contribution < -0.4 is 10.6 Å². The Bertz CT molecular complexity index is 320. The van der Waals surface area contributed by atoms with E-state index in [0.717, 1.165) is 19.4 Å². The van der Waals surface area contributed by atoms with Crippen molar-refractivity contribution in [2.75, 3.05) is 19.7 Å². The molecular formula is C13H22N2O3. The van der Waals surface area contributed by atoms with Crippen molar-refractivity contribution in [1.29, 1.82) is 0 Å². The number of rotatable bonds is 6. The number of ether oxygens (including phenoxy) is 1. The van der Waals surface area contributed by atoms with Crippen molar-refractivity contribution in [2.45, 2.75) is 32.8 Å². The van der Waals surface area contributed by atoms with E-state index in [-0.39, 0.29) is 17.9 Å². The zero-order valence-corrected chi connectivity index (χ0v) is 11.1. The summed E-state index contributed by atoms with van der Waals surface area (Å²) in [4.78, 5) is 23.8. The summed E-state index contributed by atoms with van der Waals surface area (Å²) in [6.45, 7) is 8.32. The van der Waals surface area contributed by atoms with Gasteiger partial charge in [-0.1, -0.05) is 6.08 Å². The van der Waals surface area contributed by atoms with Crippen molar-refractivity contribution < 1.29 is 14.3 Å². The van der Waals surface area contributed by atoms with Crippen LogP contribution in [-0.4, -0.2) is 37.6 Å². The quantitative estimate of drug-likeness (QED) is 0.539. The summed E-state index contributed by atoms with van der Waals surface area (Å²) in [5, 5.41) is 5.40. The van der Waals surface area contributed by atoms with Crippen LogP contribution in [0.3, 0.4) is 0 Å². The van der Waals surface area contributed by atoms with Crippen LogP contribution in [0.4, 0.5) is 0 Å². The predicted octanol–water partition coefficient (Wildman–Crippen LogP) is 0.610. The van der Waals surface area contributed by atoms with E-state index >= 15 is 0 Å². The van der Waals surface area contributed by atoms with Gasteiger partial charge in [-0.15, -0.1) is 6.58 Å². The lowest BCUT2D eigenvalue weighted by molar-refractivity contribution is -0.141. The fourth-order valence-electron chi connectivity index (χ4n) is 1.72. The molecule has 1 saturated heterocycles. The standard InChI is InChI=1S/C13H22N2O3/c1-4-7-14-11(16)13(2,3)12(17)15-9-10-6-5-8-18-10/h4,10H,1,5-9H2,2-3H3,(H,14,16)(H,15,17). The molecule has 0 aromatic rings. The van der Waals surface area contributed by atoms with Crippen LogP contribution in [0.1, 0.15) is 26.7 Å². The third kappa shape index (κ3) is 3.84. The summed E-state index contributed by atoms with van der Waals surface area (Å²) in [5.74, 6) is -0.577. The van der Waals surface area contributed by atoms with Crippen molar-refractivity contribution in [3.8, 4) is 0 Å². The topological polar surface area (TPSA) is 67.4 Å². The minimum Gasteiger partial charge on any atom is -0.376 e.